The summed E-state index contributed by atoms with van der Waals surface area (Å²) in [6, 6.07) is 6.84. The zero-order valence-corrected chi connectivity index (χ0v) is 10.1. The van der Waals surface area contributed by atoms with E-state index in [9.17, 15) is 0 Å². The predicted molar refractivity (Wildman–Crippen MR) is 67.1 cm³/mol. The molecular weight excluding hydrogens is 206 g/mol. The van der Waals surface area contributed by atoms with Crippen LogP contribution in [-0.4, -0.2) is 19.5 Å². The first kappa shape index (κ1) is 10.8. The Labute approximate surface area is 97.0 Å². The number of rotatable bonds is 3. The molecule has 0 fully saturated rings. The molecule has 0 unspecified atom stereocenters. The Kier molecular flexibility index (Phi) is 3.53. The molecule has 1 aromatic carbocycles. The van der Waals surface area contributed by atoms with Crippen molar-refractivity contribution in [1.82, 2.24) is 0 Å². The summed E-state index contributed by atoms with van der Waals surface area (Å²) in [5.74, 6) is 0.688. The smallest absolute Gasteiger partial charge is 0.0399 e. The van der Waals surface area contributed by atoms with E-state index in [2.05, 4.69) is 30.1 Å². The standard InChI is InChI=1S/C13H18ClN/c1-15(9-8-14)13-7-6-11-4-2-3-5-12(11)10-13/h6-7,10H,2-5,8-9H2,1H3. The molecule has 0 saturated heterocycles. The second-order valence-electron chi connectivity index (χ2n) is 4.27. The Morgan fingerprint density at radius 1 is 1.20 bits per heavy atom. The van der Waals surface area contributed by atoms with Gasteiger partial charge in [0.1, 0.15) is 0 Å². The summed E-state index contributed by atoms with van der Waals surface area (Å²) in [6.45, 7) is 0.917. The molecule has 0 radical (unpaired) electrons. The number of nitrogens with zero attached hydrogens (tertiary/aromatic N) is 1. The summed E-state index contributed by atoms with van der Waals surface area (Å²) in [5.41, 5.74) is 4.39. The Morgan fingerprint density at radius 3 is 2.67 bits per heavy atom. The third kappa shape index (κ3) is 2.46. The van der Waals surface area contributed by atoms with Gasteiger partial charge in [-0.25, -0.2) is 0 Å². The Hall–Kier alpha value is -0.690. The molecule has 0 aromatic heterocycles. The van der Waals surface area contributed by atoms with Crippen molar-refractivity contribution >= 4 is 17.3 Å². The Morgan fingerprint density at radius 2 is 1.93 bits per heavy atom. The van der Waals surface area contributed by atoms with Gasteiger partial charge < -0.3 is 4.90 Å². The van der Waals surface area contributed by atoms with E-state index in [-0.39, 0.29) is 0 Å². The molecule has 0 amide bonds. The van der Waals surface area contributed by atoms with Crippen LogP contribution in [0.25, 0.3) is 0 Å². The lowest BCUT2D eigenvalue weighted by molar-refractivity contribution is 0.685. The van der Waals surface area contributed by atoms with Crippen molar-refractivity contribution in [3.05, 3.63) is 29.3 Å². The van der Waals surface area contributed by atoms with Gasteiger partial charge in [0, 0.05) is 25.2 Å². The van der Waals surface area contributed by atoms with Crippen molar-refractivity contribution in [3.8, 4) is 0 Å². The van der Waals surface area contributed by atoms with Gasteiger partial charge in [-0.15, -0.1) is 11.6 Å². The quantitative estimate of drug-likeness (QED) is 0.712. The number of benzene rings is 1. The maximum atomic E-state index is 5.75. The number of hydrogen-bond acceptors (Lipinski definition) is 1. The van der Waals surface area contributed by atoms with Gasteiger partial charge in [0.15, 0.2) is 0 Å². The van der Waals surface area contributed by atoms with Crippen molar-refractivity contribution < 1.29 is 0 Å². The van der Waals surface area contributed by atoms with Crippen molar-refractivity contribution in [1.29, 1.82) is 0 Å². The number of anilines is 1. The summed E-state index contributed by atoms with van der Waals surface area (Å²) in [7, 11) is 2.10. The molecular formula is C13H18ClN. The summed E-state index contributed by atoms with van der Waals surface area (Å²) >= 11 is 5.75. The maximum absolute atomic E-state index is 5.75. The number of fused-ring (bicyclic) bond motifs is 1. The minimum atomic E-state index is 0.688. The summed E-state index contributed by atoms with van der Waals surface area (Å²) in [6.07, 6.45) is 5.20. The van der Waals surface area contributed by atoms with Crippen LogP contribution in [-0.2, 0) is 12.8 Å². The van der Waals surface area contributed by atoms with E-state index < -0.39 is 0 Å². The second kappa shape index (κ2) is 4.89. The highest BCUT2D eigenvalue weighted by atomic mass is 35.5. The molecule has 0 atom stereocenters. The van der Waals surface area contributed by atoms with E-state index in [1.165, 1.54) is 31.4 Å². The first-order valence-corrected chi connectivity index (χ1v) is 6.23. The molecule has 0 heterocycles. The molecule has 1 aliphatic carbocycles. The fraction of sp³-hybridized carbons (Fsp3) is 0.538. The van der Waals surface area contributed by atoms with E-state index in [1.807, 2.05) is 0 Å². The van der Waals surface area contributed by atoms with Gasteiger partial charge in [-0.2, -0.15) is 0 Å². The number of aryl methyl sites for hydroxylation is 2. The van der Waals surface area contributed by atoms with Gasteiger partial charge in [0.25, 0.3) is 0 Å². The van der Waals surface area contributed by atoms with Crippen LogP contribution in [0.3, 0.4) is 0 Å². The van der Waals surface area contributed by atoms with Gasteiger partial charge in [-0.1, -0.05) is 6.07 Å². The molecule has 0 N–H and O–H groups in total. The highest BCUT2D eigenvalue weighted by Gasteiger charge is 2.10. The largest absolute Gasteiger partial charge is 0.373 e. The van der Waals surface area contributed by atoms with Gasteiger partial charge in [-0.05, 0) is 48.9 Å². The molecule has 82 valence electrons. The molecule has 2 rings (SSSR count). The average molecular weight is 224 g/mol. The molecule has 1 nitrogen and oxygen atoms in total. The van der Waals surface area contributed by atoms with Gasteiger partial charge in [0.2, 0.25) is 0 Å². The lowest BCUT2D eigenvalue weighted by atomic mass is 9.91. The SMILES string of the molecule is CN(CCCl)c1ccc2c(c1)CCCC2. The van der Waals surface area contributed by atoms with E-state index >= 15 is 0 Å². The van der Waals surface area contributed by atoms with Crippen molar-refractivity contribution in [3.63, 3.8) is 0 Å². The summed E-state index contributed by atoms with van der Waals surface area (Å²) in [4.78, 5) is 2.22. The van der Waals surface area contributed by atoms with E-state index in [0.717, 1.165) is 6.54 Å². The monoisotopic (exact) mass is 223 g/mol. The molecule has 1 aliphatic rings. The van der Waals surface area contributed by atoms with Crippen molar-refractivity contribution in [2.45, 2.75) is 25.7 Å². The lowest BCUT2D eigenvalue weighted by Crippen LogP contribution is -2.20. The zero-order valence-electron chi connectivity index (χ0n) is 9.30. The third-order valence-electron chi connectivity index (χ3n) is 3.19. The summed E-state index contributed by atoms with van der Waals surface area (Å²) < 4.78 is 0. The van der Waals surface area contributed by atoms with Crippen LogP contribution in [0.5, 0.6) is 0 Å². The second-order valence-corrected chi connectivity index (χ2v) is 4.65. The van der Waals surface area contributed by atoms with Crippen LogP contribution in [0.15, 0.2) is 18.2 Å². The van der Waals surface area contributed by atoms with Crippen LogP contribution in [0, 0.1) is 0 Å². The molecule has 0 bridgehead atoms. The van der Waals surface area contributed by atoms with Crippen LogP contribution >= 0.6 is 11.6 Å². The minimum Gasteiger partial charge on any atom is -0.373 e. The number of alkyl halides is 1. The molecule has 0 saturated carbocycles. The van der Waals surface area contributed by atoms with Crippen LogP contribution in [0.4, 0.5) is 5.69 Å². The van der Waals surface area contributed by atoms with Gasteiger partial charge in [-0.3, -0.25) is 0 Å². The van der Waals surface area contributed by atoms with E-state index in [0.29, 0.717) is 5.88 Å². The Balaban J connectivity index is 2.20. The van der Waals surface area contributed by atoms with E-state index in [1.54, 1.807) is 11.1 Å². The fourth-order valence-electron chi connectivity index (χ4n) is 2.21. The highest BCUT2D eigenvalue weighted by molar-refractivity contribution is 6.18. The number of hydrogen-bond donors (Lipinski definition) is 0. The normalized spacial score (nSPS) is 14.8. The van der Waals surface area contributed by atoms with Crippen LogP contribution in [0.1, 0.15) is 24.0 Å². The van der Waals surface area contributed by atoms with Crippen molar-refractivity contribution in [2.75, 3.05) is 24.4 Å². The number of halogens is 1. The topological polar surface area (TPSA) is 3.24 Å². The zero-order chi connectivity index (χ0) is 10.7. The summed E-state index contributed by atoms with van der Waals surface area (Å²) in [5, 5.41) is 0. The van der Waals surface area contributed by atoms with E-state index in [4.69, 9.17) is 11.6 Å². The van der Waals surface area contributed by atoms with Crippen LogP contribution < -0.4 is 4.90 Å². The predicted octanol–water partition coefficient (Wildman–Crippen LogP) is 3.24. The average Bonchev–Trinajstić information content (AvgIpc) is 2.29. The fourth-order valence-corrected chi connectivity index (χ4v) is 2.47. The molecule has 1 aromatic rings. The molecule has 15 heavy (non-hydrogen) atoms. The van der Waals surface area contributed by atoms with Gasteiger partial charge >= 0.3 is 0 Å². The molecule has 2 heteroatoms. The maximum Gasteiger partial charge on any atom is 0.0399 e. The first-order chi connectivity index (χ1) is 7.31. The van der Waals surface area contributed by atoms with Gasteiger partial charge in [0.05, 0.1) is 0 Å². The lowest BCUT2D eigenvalue weighted by Gasteiger charge is -2.22. The van der Waals surface area contributed by atoms with Crippen molar-refractivity contribution in [2.24, 2.45) is 0 Å². The van der Waals surface area contributed by atoms with Crippen LogP contribution in [0.2, 0.25) is 0 Å². The first-order valence-electron chi connectivity index (χ1n) is 5.70. The third-order valence-corrected chi connectivity index (χ3v) is 3.36. The highest BCUT2D eigenvalue weighted by Crippen LogP contribution is 2.25. The Bertz CT molecular complexity index is 335. The minimum absolute atomic E-state index is 0.688. The molecule has 0 aliphatic heterocycles. The molecule has 0 spiro atoms.